The molecule has 0 aromatic heterocycles. The zero-order valence-corrected chi connectivity index (χ0v) is 6.56. The summed E-state index contributed by atoms with van der Waals surface area (Å²) in [6.45, 7) is 4.17. The van der Waals surface area contributed by atoms with Gasteiger partial charge in [0, 0.05) is 0 Å². The molecule has 0 radical (unpaired) electrons. The Kier molecular flexibility index (Phi) is 5.15. The molecule has 0 unspecified atom stereocenters. The Labute approximate surface area is 60.8 Å². The highest BCUT2D eigenvalue weighted by Crippen LogP contribution is 1.92. The minimum Gasteiger partial charge on any atom is -0.389 e. The van der Waals surface area contributed by atoms with Crippen molar-refractivity contribution in [3.05, 3.63) is 0 Å². The van der Waals surface area contributed by atoms with E-state index in [1.165, 1.54) is 0 Å². The fourth-order valence-electron chi connectivity index (χ4n) is 0.348. The minimum absolute atomic E-state index is 0.169. The van der Waals surface area contributed by atoms with Gasteiger partial charge >= 0.3 is 0 Å². The molecule has 3 heteroatoms. The second-order valence-corrected chi connectivity index (χ2v) is 2.50. The van der Waals surface area contributed by atoms with E-state index in [0.717, 1.165) is 0 Å². The van der Waals surface area contributed by atoms with Crippen LogP contribution in [0.1, 0.15) is 13.8 Å². The quantitative estimate of drug-likeness (QED) is 0.610. The van der Waals surface area contributed by atoms with Crippen LogP contribution in [0.2, 0.25) is 0 Å². The number of aliphatic hydroxyl groups excluding tert-OH is 1. The van der Waals surface area contributed by atoms with E-state index in [1.807, 2.05) is 13.8 Å². The molecule has 56 valence electrons. The van der Waals surface area contributed by atoms with Crippen molar-refractivity contribution in [3.63, 3.8) is 0 Å². The van der Waals surface area contributed by atoms with Crippen LogP contribution in [0.5, 0.6) is 0 Å². The van der Waals surface area contributed by atoms with Crippen LogP contribution in [0, 0.1) is 0 Å². The van der Waals surface area contributed by atoms with Gasteiger partial charge < -0.3 is 9.84 Å². The molecular formula is C6H13ClO2. The third-order valence-corrected chi connectivity index (χ3v) is 1.16. The van der Waals surface area contributed by atoms with Crippen LogP contribution < -0.4 is 0 Å². The molecule has 0 fully saturated rings. The summed E-state index contributed by atoms with van der Waals surface area (Å²) in [5.41, 5.74) is 0. The van der Waals surface area contributed by atoms with E-state index in [-0.39, 0.29) is 12.0 Å². The van der Waals surface area contributed by atoms with E-state index in [2.05, 4.69) is 0 Å². The van der Waals surface area contributed by atoms with Crippen LogP contribution in [0.3, 0.4) is 0 Å². The molecule has 0 amide bonds. The second-order valence-electron chi connectivity index (χ2n) is 2.19. The van der Waals surface area contributed by atoms with Gasteiger partial charge in [-0.3, -0.25) is 0 Å². The van der Waals surface area contributed by atoms with Gasteiger partial charge in [0.2, 0.25) is 0 Å². The minimum atomic E-state index is -0.519. The van der Waals surface area contributed by atoms with E-state index in [4.69, 9.17) is 21.4 Å². The summed E-state index contributed by atoms with van der Waals surface area (Å²) in [4.78, 5) is 0. The van der Waals surface area contributed by atoms with Crippen molar-refractivity contribution < 1.29 is 9.84 Å². The molecule has 0 spiro atoms. The molecule has 1 N–H and O–H groups in total. The molecule has 9 heavy (non-hydrogen) atoms. The van der Waals surface area contributed by atoms with Gasteiger partial charge in [-0.1, -0.05) is 0 Å². The number of halogens is 1. The summed E-state index contributed by atoms with van der Waals surface area (Å²) in [5, 5.41) is 8.85. The summed E-state index contributed by atoms with van der Waals surface area (Å²) in [7, 11) is 0. The lowest BCUT2D eigenvalue weighted by atomic mass is 10.4. The van der Waals surface area contributed by atoms with Gasteiger partial charge in [-0.15, -0.1) is 11.6 Å². The zero-order chi connectivity index (χ0) is 7.28. The fourth-order valence-corrected chi connectivity index (χ4v) is 0.437. The first-order valence-corrected chi connectivity index (χ1v) is 3.56. The summed E-state index contributed by atoms with van der Waals surface area (Å²) in [6, 6.07) is 0. The predicted octanol–water partition coefficient (Wildman–Crippen LogP) is 1.01. The van der Waals surface area contributed by atoms with Gasteiger partial charge in [0.15, 0.2) is 0 Å². The Morgan fingerprint density at radius 2 is 2.11 bits per heavy atom. The summed E-state index contributed by atoms with van der Waals surface area (Å²) in [6.07, 6.45) is -0.350. The van der Waals surface area contributed by atoms with E-state index < -0.39 is 6.10 Å². The molecule has 0 rings (SSSR count). The molecule has 0 aliphatic rings. The third kappa shape index (κ3) is 6.09. The number of alkyl halides is 1. The van der Waals surface area contributed by atoms with Crippen LogP contribution >= 0.6 is 11.6 Å². The molecule has 0 saturated heterocycles. The van der Waals surface area contributed by atoms with Crippen molar-refractivity contribution in [2.75, 3.05) is 12.5 Å². The maximum absolute atomic E-state index is 8.85. The van der Waals surface area contributed by atoms with Crippen molar-refractivity contribution in [2.45, 2.75) is 26.1 Å². The van der Waals surface area contributed by atoms with Crippen LogP contribution in [-0.2, 0) is 4.74 Å². The molecule has 1 atom stereocenters. The van der Waals surface area contributed by atoms with Gasteiger partial charge in [-0.2, -0.15) is 0 Å². The zero-order valence-electron chi connectivity index (χ0n) is 5.80. The van der Waals surface area contributed by atoms with Crippen LogP contribution in [0.15, 0.2) is 0 Å². The molecule has 0 aromatic carbocycles. The normalized spacial score (nSPS) is 14.3. The number of rotatable bonds is 4. The molecule has 0 aromatic rings. The largest absolute Gasteiger partial charge is 0.389 e. The monoisotopic (exact) mass is 152 g/mol. The average Bonchev–Trinajstić information content (AvgIpc) is 1.83. The predicted molar refractivity (Wildman–Crippen MR) is 37.8 cm³/mol. The van der Waals surface area contributed by atoms with E-state index >= 15 is 0 Å². The first kappa shape index (κ1) is 9.21. The highest BCUT2D eigenvalue weighted by molar-refractivity contribution is 6.18. The fraction of sp³-hybridized carbons (Fsp3) is 1.00. The van der Waals surface area contributed by atoms with Gasteiger partial charge in [0.05, 0.1) is 24.7 Å². The summed E-state index contributed by atoms with van der Waals surface area (Å²) >= 11 is 5.31. The number of hydrogen-bond donors (Lipinski definition) is 1. The van der Waals surface area contributed by atoms with Crippen molar-refractivity contribution in [3.8, 4) is 0 Å². The van der Waals surface area contributed by atoms with E-state index in [1.54, 1.807) is 0 Å². The molecular weight excluding hydrogens is 140 g/mol. The second kappa shape index (κ2) is 5.03. The smallest absolute Gasteiger partial charge is 0.0908 e. The highest BCUT2D eigenvalue weighted by Gasteiger charge is 2.01. The first-order chi connectivity index (χ1) is 4.16. The lowest BCUT2D eigenvalue weighted by Crippen LogP contribution is -2.19. The Balaban J connectivity index is 3.06. The lowest BCUT2D eigenvalue weighted by molar-refractivity contribution is 0.0147. The summed E-state index contributed by atoms with van der Waals surface area (Å²) in [5.74, 6) is 0.243. The van der Waals surface area contributed by atoms with Crippen molar-refractivity contribution in [1.82, 2.24) is 0 Å². The van der Waals surface area contributed by atoms with E-state index in [0.29, 0.717) is 6.61 Å². The standard InChI is InChI=1S/C6H13ClO2/c1-5(2)9-4-6(8)3-7/h5-6,8H,3-4H2,1-2H3/t6-/m1/s1. The number of aliphatic hydroxyl groups is 1. The Morgan fingerprint density at radius 3 is 2.44 bits per heavy atom. The SMILES string of the molecule is CC(C)OC[C@H](O)CCl. The summed E-state index contributed by atoms with van der Waals surface area (Å²) < 4.78 is 5.06. The Hall–Kier alpha value is 0.210. The third-order valence-electron chi connectivity index (χ3n) is 0.800. The van der Waals surface area contributed by atoms with Gasteiger partial charge in [-0.25, -0.2) is 0 Å². The van der Waals surface area contributed by atoms with Crippen LogP contribution in [-0.4, -0.2) is 29.8 Å². The molecule has 0 bridgehead atoms. The maximum atomic E-state index is 8.85. The van der Waals surface area contributed by atoms with E-state index in [9.17, 15) is 0 Å². The first-order valence-electron chi connectivity index (χ1n) is 3.02. The van der Waals surface area contributed by atoms with Crippen molar-refractivity contribution in [2.24, 2.45) is 0 Å². The number of hydrogen-bond acceptors (Lipinski definition) is 2. The molecule has 0 aliphatic carbocycles. The molecule has 2 nitrogen and oxygen atoms in total. The Morgan fingerprint density at radius 1 is 1.56 bits per heavy atom. The molecule has 0 heterocycles. The maximum Gasteiger partial charge on any atom is 0.0908 e. The lowest BCUT2D eigenvalue weighted by Gasteiger charge is -2.09. The van der Waals surface area contributed by atoms with Crippen molar-refractivity contribution >= 4 is 11.6 Å². The van der Waals surface area contributed by atoms with Gasteiger partial charge in [0.1, 0.15) is 0 Å². The number of ether oxygens (including phenoxy) is 1. The molecule has 0 saturated carbocycles. The van der Waals surface area contributed by atoms with Gasteiger partial charge in [0.25, 0.3) is 0 Å². The van der Waals surface area contributed by atoms with Crippen LogP contribution in [0.25, 0.3) is 0 Å². The highest BCUT2D eigenvalue weighted by atomic mass is 35.5. The molecule has 0 aliphatic heterocycles. The van der Waals surface area contributed by atoms with Crippen LogP contribution in [0.4, 0.5) is 0 Å². The average molecular weight is 153 g/mol. The van der Waals surface area contributed by atoms with Crippen molar-refractivity contribution in [1.29, 1.82) is 0 Å². The van der Waals surface area contributed by atoms with Gasteiger partial charge in [-0.05, 0) is 13.8 Å². The topological polar surface area (TPSA) is 29.5 Å². The Bertz CT molecular complexity index is 66.1.